The molecule has 0 radical (unpaired) electrons. The maximum Gasteiger partial charge on any atom is 0.305 e. The summed E-state index contributed by atoms with van der Waals surface area (Å²) in [5, 5.41) is 1.26. The number of hydrogen-bond acceptors (Lipinski definition) is 4. The van der Waals surface area contributed by atoms with Gasteiger partial charge in [0.2, 0.25) is 0 Å². The molecule has 1 atom stereocenters. The van der Waals surface area contributed by atoms with Gasteiger partial charge >= 0.3 is 5.97 Å². The van der Waals surface area contributed by atoms with E-state index >= 15 is 0 Å². The summed E-state index contributed by atoms with van der Waals surface area (Å²) in [6, 6.07) is 6.88. The van der Waals surface area contributed by atoms with Crippen molar-refractivity contribution >= 4 is 16.9 Å². The minimum atomic E-state index is -0.122. The lowest BCUT2D eigenvalue weighted by atomic mass is 10.0. The third-order valence-electron chi connectivity index (χ3n) is 5.22. The zero-order chi connectivity index (χ0) is 18.4. The van der Waals surface area contributed by atoms with Gasteiger partial charge in [-0.15, -0.1) is 0 Å². The van der Waals surface area contributed by atoms with Crippen molar-refractivity contribution < 1.29 is 14.3 Å². The highest BCUT2D eigenvalue weighted by Crippen LogP contribution is 2.27. The van der Waals surface area contributed by atoms with Gasteiger partial charge in [-0.25, -0.2) is 0 Å². The zero-order valence-corrected chi connectivity index (χ0v) is 15.9. The number of aromatic amines is 1. The molecule has 1 aromatic carbocycles. The van der Waals surface area contributed by atoms with Crippen LogP contribution in [0.2, 0.25) is 0 Å². The van der Waals surface area contributed by atoms with Gasteiger partial charge in [-0.1, -0.05) is 0 Å². The van der Waals surface area contributed by atoms with Crippen LogP contribution >= 0.6 is 0 Å². The van der Waals surface area contributed by atoms with Gasteiger partial charge in [0.25, 0.3) is 0 Å². The Labute approximate surface area is 155 Å². The number of fused-ring (bicyclic) bond motifs is 1. The standard InChI is InChI=1S/C21H30N2O3/c1-3-25-21(24)8-4-5-12-26-18-9-10-20-19(14-18)16(15-22-20)13-17-7-6-11-23(17)2/h9-10,14-15,17,22H,3-8,11-13H2,1-2H3/t17-/m1/s1. The topological polar surface area (TPSA) is 54.6 Å². The van der Waals surface area contributed by atoms with Crippen molar-refractivity contribution in [2.45, 2.75) is 51.5 Å². The van der Waals surface area contributed by atoms with Gasteiger partial charge in [0.15, 0.2) is 0 Å². The fourth-order valence-electron chi connectivity index (χ4n) is 3.70. The average Bonchev–Trinajstić information content (AvgIpc) is 3.22. The number of likely N-dealkylation sites (tertiary alicyclic amines) is 1. The molecule has 26 heavy (non-hydrogen) atoms. The van der Waals surface area contributed by atoms with Crippen LogP contribution in [0.25, 0.3) is 10.9 Å². The number of carbonyl (C=O) groups excluding carboxylic acids is 1. The fraction of sp³-hybridized carbons (Fsp3) is 0.571. The molecule has 2 heterocycles. The quantitative estimate of drug-likeness (QED) is 0.545. The predicted molar refractivity (Wildman–Crippen MR) is 104 cm³/mol. The molecule has 1 aromatic heterocycles. The van der Waals surface area contributed by atoms with E-state index in [0.29, 0.717) is 25.7 Å². The molecule has 1 aliphatic heterocycles. The first kappa shape index (κ1) is 18.8. The van der Waals surface area contributed by atoms with Crippen LogP contribution in [0.15, 0.2) is 24.4 Å². The number of rotatable bonds is 9. The van der Waals surface area contributed by atoms with E-state index in [0.717, 1.165) is 30.5 Å². The van der Waals surface area contributed by atoms with Gasteiger partial charge in [0.1, 0.15) is 5.75 Å². The number of nitrogens with zero attached hydrogens (tertiary/aromatic N) is 1. The molecular formula is C21H30N2O3. The van der Waals surface area contributed by atoms with Crippen LogP contribution in [-0.2, 0) is 16.0 Å². The molecule has 142 valence electrons. The van der Waals surface area contributed by atoms with Gasteiger partial charge in [-0.05, 0) is 76.4 Å². The molecule has 0 bridgehead atoms. The van der Waals surface area contributed by atoms with Crippen LogP contribution in [0, 0.1) is 0 Å². The SMILES string of the molecule is CCOC(=O)CCCCOc1ccc2[nH]cc(C[C@H]3CCCN3C)c2c1. The summed E-state index contributed by atoms with van der Waals surface area (Å²) in [5.74, 6) is 0.775. The summed E-state index contributed by atoms with van der Waals surface area (Å²) in [6.45, 7) is 4.10. The lowest BCUT2D eigenvalue weighted by Crippen LogP contribution is -2.26. The van der Waals surface area contributed by atoms with E-state index in [2.05, 4.69) is 35.3 Å². The number of hydrogen-bond donors (Lipinski definition) is 1. The van der Waals surface area contributed by atoms with Crippen molar-refractivity contribution in [2.24, 2.45) is 0 Å². The lowest BCUT2D eigenvalue weighted by Gasteiger charge is -2.18. The predicted octanol–water partition coefficient (Wildman–Crippen LogP) is 3.92. The molecule has 5 heteroatoms. The molecule has 5 nitrogen and oxygen atoms in total. The average molecular weight is 358 g/mol. The second kappa shape index (κ2) is 9.08. The van der Waals surface area contributed by atoms with Crippen molar-refractivity contribution in [1.29, 1.82) is 0 Å². The Hall–Kier alpha value is -2.01. The largest absolute Gasteiger partial charge is 0.494 e. The van der Waals surface area contributed by atoms with Gasteiger partial charge in [0.05, 0.1) is 13.2 Å². The highest BCUT2D eigenvalue weighted by Gasteiger charge is 2.22. The molecule has 3 rings (SSSR count). The van der Waals surface area contributed by atoms with Crippen LogP contribution in [0.3, 0.4) is 0 Å². The Balaban J connectivity index is 1.53. The Kier molecular flexibility index (Phi) is 6.56. The summed E-state index contributed by atoms with van der Waals surface area (Å²) in [4.78, 5) is 17.2. The normalized spacial score (nSPS) is 17.7. The van der Waals surface area contributed by atoms with Gasteiger partial charge in [0, 0.05) is 29.6 Å². The fourth-order valence-corrected chi connectivity index (χ4v) is 3.70. The number of unbranched alkanes of at least 4 members (excludes halogenated alkanes) is 1. The Morgan fingerprint density at radius 3 is 3.00 bits per heavy atom. The number of likely N-dealkylation sites (N-methyl/N-ethyl adjacent to an activating group) is 1. The van der Waals surface area contributed by atoms with Gasteiger partial charge < -0.3 is 19.4 Å². The van der Waals surface area contributed by atoms with E-state index in [-0.39, 0.29) is 5.97 Å². The highest BCUT2D eigenvalue weighted by atomic mass is 16.5. The third kappa shape index (κ3) is 4.79. The summed E-state index contributed by atoms with van der Waals surface area (Å²) in [5.41, 5.74) is 2.53. The van der Waals surface area contributed by atoms with Crippen molar-refractivity contribution in [3.05, 3.63) is 30.0 Å². The molecular weight excluding hydrogens is 328 g/mol. The molecule has 0 amide bonds. The van der Waals surface area contributed by atoms with Crippen molar-refractivity contribution in [1.82, 2.24) is 9.88 Å². The van der Waals surface area contributed by atoms with E-state index in [9.17, 15) is 4.79 Å². The first-order chi connectivity index (χ1) is 12.7. The number of ether oxygens (including phenoxy) is 2. The second-order valence-corrected chi connectivity index (χ2v) is 7.11. The molecule has 0 saturated carbocycles. The Morgan fingerprint density at radius 1 is 1.35 bits per heavy atom. The summed E-state index contributed by atoms with van der Waals surface area (Å²) < 4.78 is 10.8. The van der Waals surface area contributed by atoms with E-state index < -0.39 is 0 Å². The monoisotopic (exact) mass is 358 g/mol. The molecule has 0 aliphatic carbocycles. The molecule has 1 saturated heterocycles. The maximum atomic E-state index is 11.3. The molecule has 0 unspecified atom stereocenters. The molecule has 2 aromatic rings. The summed E-state index contributed by atoms with van der Waals surface area (Å²) >= 11 is 0. The summed E-state index contributed by atoms with van der Waals surface area (Å²) in [7, 11) is 2.22. The van der Waals surface area contributed by atoms with Crippen molar-refractivity contribution in [3.63, 3.8) is 0 Å². The van der Waals surface area contributed by atoms with E-state index in [1.165, 1.54) is 30.3 Å². The van der Waals surface area contributed by atoms with E-state index in [1.807, 2.05) is 13.0 Å². The van der Waals surface area contributed by atoms with Crippen LogP contribution in [0.1, 0.15) is 44.6 Å². The van der Waals surface area contributed by atoms with Crippen LogP contribution in [0.4, 0.5) is 0 Å². The summed E-state index contributed by atoms with van der Waals surface area (Å²) in [6.07, 6.45) is 7.91. The molecule has 1 aliphatic rings. The molecule has 1 N–H and O–H groups in total. The Bertz CT molecular complexity index is 725. The van der Waals surface area contributed by atoms with E-state index in [1.54, 1.807) is 0 Å². The number of H-pyrrole nitrogens is 1. The maximum absolute atomic E-state index is 11.3. The number of aromatic nitrogens is 1. The first-order valence-corrected chi connectivity index (χ1v) is 9.76. The lowest BCUT2D eigenvalue weighted by molar-refractivity contribution is -0.143. The van der Waals surface area contributed by atoms with E-state index in [4.69, 9.17) is 9.47 Å². The Morgan fingerprint density at radius 2 is 2.23 bits per heavy atom. The minimum absolute atomic E-state index is 0.122. The molecule has 1 fully saturated rings. The number of esters is 1. The highest BCUT2D eigenvalue weighted by molar-refractivity contribution is 5.84. The van der Waals surface area contributed by atoms with Gasteiger partial charge in [-0.3, -0.25) is 4.79 Å². The third-order valence-corrected chi connectivity index (χ3v) is 5.22. The second-order valence-electron chi connectivity index (χ2n) is 7.11. The van der Waals surface area contributed by atoms with Crippen LogP contribution in [0.5, 0.6) is 5.75 Å². The van der Waals surface area contributed by atoms with Crippen LogP contribution in [-0.4, -0.2) is 48.7 Å². The number of benzene rings is 1. The smallest absolute Gasteiger partial charge is 0.305 e. The van der Waals surface area contributed by atoms with Crippen molar-refractivity contribution in [3.8, 4) is 5.75 Å². The number of nitrogens with one attached hydrogen (secondary N) is 1. The van der Waals surface area contributed by atoms with Crippen molar-refractivity contribution in [2.75, 3.05) is 26.8 Å². The molecule has 0 spiro atoms. The minimum Gasteiger partial charge on any atom is -0.494 e. The van der Waals surface area contributed by atoms with Crippen LogP contribution < -0.4 is 4.74 Å². The zero-order valence-electron chi connectivity index (χ0n) is 15.9. The first-order valence-electron chi connectivity index (χ1n) is 9.76. The van der Waals surface area contributed by atoms with Gasteiger partial charge in [-0.2, -0.15) is 0 Å². The number of carbonyl (C=O) groups is 1.